The Kier molecular flexibility index (Phi) is 6.53. The maximum atomic E-state index is 12.0. The van der Waals surface area contributed by atoms with Crippen molar-refractivity contribution in [1.82, 2.24) is 0 Å². The van der Waals surface area contributed by atoms with Gasteiger partial charge in [-0.25, -0.2) is 0 Å². The van der Waals surface area contributed by atoms with Gasteiger partial charge in [-0.15, -0.1) is 0 Å². The maximum absolute atomic E-state index is 12.0. The molecule has 4 aliphatic carbocycles. The van der Waals surface area contributed by atoms with Crippen molar-refractivity contribution in [1.29, 1.82) is 0 Å². The van der Waals surface area contributed by atoms with E-state index in [1.807, 2.05) is 0 Å². The highest BCUT2D eigenvalue weighted by Crippen LogP contribution is 2.45. The fraction of sp³-hybridized carbons (Fsp3) is 0.615. The fourth-order valence-electron chi connectivity index (χ4n) is 6.50. The van der Waals surface area contributed by atoms with Crippen LogP contribution in [-0.4, -0.2) is 59.5 Å². The summed E-state index contributed by atoms with van der Waals surface area (Å²) in [7, 11) is 0. The number of carbonyl (C=O) groups excluding carboxylic acids is 2. The van der Waals surface area contributed by atoms with Gasteiger partial charge < -0.3 is 24.4 Å². The highest BCUT2D eigenvalue weighted by molar-refractivity contribution is 5.83. The molecule has 0 aromatic heterocycles. The van der Waals surface area contributed by atoms with E-state index < -0.39 is 36.0 Å². The van der Waals surface area contributed by atoms with E-state index in [9.17, 15) is 19.2 Å². The predicted octanol–water partition coefficient (Wildman–Crippen LogP) is 2.22. The van der Waals surface area contributed by atoms with Crippen LogP contribution < -0.4 is 0 Å². The van der Waals surface area contributed by atoms with Crippen LogP contribution in [0.5, 0.6) is 0 Å². The number of ether oxygens (including phenoxy) is 3. The van der Waals surface area contributed by atoms with E-state index in [4.69, 9.17) is 24.4 Å². The highest BCUT2D eigenvalue weighted by Gasteiger charge is 2.53. The molecule has 1 unspecified atom stereocenters. The van der Waals surface area contributed by atoms with E-state index in [1.165, 1.54) is 0 Å². The molecule has 1 saturated heterocycles. The molecule has 0 spiro atoms. The Labute approximate surface area is 202 Å². The second-order valence-corrected chi connectivity index (χ2v) is 10.3. The van der Waals surface area contributed by atoms with Crippen molar-refractivity contribution in [3.05, 3.63) is 36.5 Å². The van der Waals surface area contributed by atoms with Gasteiger partial charge in [0.2, 0.25) is 0 Å². The molecule has 9 heteroatoms. The standard InChI is InChI=1S/C18H22O4.C8H8O5/c19-17(15-9-11-1-3-13(15)7-11)21-5-6-22-18(20)16-10-12-2-4-14(16)8-12;9-7(10)5-3-1-2-4(13-3)6(5)8(11)12/h1-4,11-16H,5-10H2;1-6H,(H,9,10)(H,11,12)/t11-,12-,13+,14+,15+,16?;3-,4+,5-,6+/m0./s1. The number of carbonyl (C=O) groups is 4. The predicted molar refractivity (Wildman–Crippen MR) is 120 cm³/mol. The summed E-state index contributed by atoms with van der Waals surface area (Å²) in [6, 6.07) is 0. The summed E-state index contributed by atoms with van der Waals surface area (Å²) in [5, 5.41) is 17.6. The molecule has 0 radical (unpaired) electrons. The zero-order chi connectivity index (χ0) is 24.7. The molecule has 6 rings (SSSR count). The molecule has 2 heterocycles. The number of carboxylic acid groups (broad SMARTS) is 2. The molecule has 6 bridgehead atoms. The largest absolute Gasteiger partial charge is 0.481 e. The topological polar surface area (TPSA) is 136 Å². The maximum Gasteiger partial charge on any atom is 0.310 e. The number of allylic oxidation sites excluding steroid dienone is 4. The summed E-state index contributed by atoms with van der Waals surface area (Å²) in [6.45, 7) is 0.359. The molecule has 0 aromatic rings. The molecule has 2 saturated carbocycles. The van der Waals surface area contributed by atoms with E-state index in [0.29, 0.717) is 23.7 Å². The lowest BCUT2D eigenvalue weighted by atomic mass is 9.83. The normalized spacial score (nSPS) is 40.6. The van der Waals surface area contributed by atoms with Crippen molar-refractivity contribution in [2.24, 2.45) is 47.3 Å². The smallest absolute Gasteiger partial charge is 0.310 e. The van der Waals surface area contributed by atoms with Gasteiger partial charge >= 0.3 is 23.9 Å². The van der Waals surface area contributed by atoms with Crippen molar-refractivity contribution >= 4 is 23.9 Å². The van der Waals surface area contributed by atoms with Gasteiger partial charge in [-0.3, -0.25) is 19.2 Å². The molecule has 188 valence electrons. The highest BCUT2D eigenvalue weighted by atomic mass is 16.6. The van der Waals surface area contributed by atoms with Crippen LogP contribution in [0.4, 0.5) is 0 Å². The van der Waals surface area contributed by atoms with E-state index in [2.05, 4.69) is 24.3 Å². The summed E-state index contributed by atoms with van der Waals surface area (Å²) in [5.74, 6) is -2.47. The Balaban J connectivity index is 0.000000166. The number of carboxylic acids is 2. The number of hydrogen-bond acceptors (Lipinski definition) is 7. The lowest BCUT2D eigenvalue weighted by Gasteiger charge is -2.18. The first-order valence-corrected chi connectivity index (χ1v) is 12.3. The first-order chi connectivity index (χ1) is 16.8. The number of fused-ring (bicyclic) bond motifs is 6. The van der Waals surface area contributed by atoms with Gasteiger partial charge in [0.1, 0.15) is 25.0 Å². The third kappa shape index (κ3) is 4.66. The van der Waals surface area contributed by atoms with E-state index in [0.717, 1.165) is 25.7 Å². The lowest BCUT2D eigenvalue weighted by Crippen LogP contribution is -2.36. The Bertz CT molecular complexity index is 905. The number of aliphatic carboxylic acids is 2. The Morgan fingerprint density at radius 3 is 1.40 bits per heavy atom. The fourth-order valence-corrected chi connectivity index (χ4v) is 6.50. The van der Waals surface area contributed by atoms with Gasteiger partial charge in [-0.2, -0.15) is 0 Å². The van der Waals surface area contributed by atoms with Crippen LogP contribution in [0.25, 0.3) is 0 Å². The molecule has 0 amide bonds. The Hall–Kier alpha value is -2.94. The molecule has 2 aliphatic heterocycles. The van der Waals surface area contributed by atoms with Crippen LogP contribution in [0.2, 0.25) is 0 Å². The van der Waals surface area contributed by atoms with Crippen molar-refractivity contribution < 1.29 is 43.6 Å². The quantitative estimate of drug-likeness (QED) is 0.315. The van der Waals surface area contributed by atoms with E-state index in [-0.39, 0.29) is 37.0 Å². The van der Waals surface area contributed by atoms with Gasteiger partial charge in [-0.1, -0.05) is 36.5 Å². The third-order valence-corrected chi connectivity index (χ3v) is 8.21. The van der Waals surface area contributed by atoms with Crippen molar-refractivity contribution in [3.8, 4) is 0 Å². The van der Waals surface area contributed by atoms with Crippen molar-refractivity contribution in [2.45, 2.75) is 37.9 Å². The minimum Gasteiger partial charge on any atom is -0.481 e. The SMILES string of the molecule is O=C(O)[C@@H]1[C@H](C(=O)O)[C@H]2C=C[C@@H]1O2.O=C(OCCOC(=O)[C@@H]1C[C@H]2C=C[C@@H]1C2)C1C[C@H]2C=C[C@@H]1C2. The average molecular weight is 487 g/mol. The van der Waals surface area contributed by atoms with Crippen LogP contribution in [0.1, 0.15) is 25.7 Å². The molecule has 9 nitrogen and oxygen atoms in total. The monoisotopic (exact) mass is 486 g/mol. The number of rotatable bonds is 7. The Morgan fingerprint density at radius 1 is 0.657 bits per heavy atom. The van der Waals surface area contributed by atoms with E-state index >= 15 is 0 Å². The molecule has 0 aromatic carbocycles. The van der Waals surface area contributed by atoms with Crippen LogP contribution >= 0.6 is 0 Å². The van der Waals surface area contributed by atoms with Crippen LogP contribution in [-0.2, 0) is 33.4 Å². The van der Waals surface area contributed by atoms with Crippen LogP contribution in [0.3, 0.4) is 0 Å². The first kappa shape index (κ1) is 23.8. The minimum absolute atomic E-state index is 0.0152. The second-order valence-electron chi connectivity index (χ2n) is 10.3. The van der Waals surface area contributed by atoms with Gasteiger partial charge in [0.25, 0.3) is 0 Å². The zero-order valence-corrected chi connectivity index (χ0v) is 19.2. The molecule has 6 aliphatic rings. The van der Waals surface area contributed by atoms with Crippen molar-refractivity contribution in [3.63, 3.8) is 0 Å². The zero-order valence-electron chi connectivity index (χ0n) is 19.2. The third-order valence-electron chi connectivity index (χ3n) is 8.21. The number of hydrogen-bond donors (Lipinski definition) is 2. The second kappa shape index (κ2) is 9.60. The van der Waals surface area contributed by atoms with E-state index in [1.54, 1.807) is 12.2 Å². The summed E-state index contributed by atoms with van der Waals surface area (Å²) in [4.78, 5) is 45.5. The summed E-state index contributed by atoms with van der Waals surface area (Å²) in [5.41, 5.74) is 0. The molecule has 35 heavy (non-hydrogen) atoms. The molecular formula is C26H30O9. The molecular weight excluding hydrogens is 456 g/mol. The lowest BCUT2D eigenvalue weighted by molar-refractivity contribution is -0.158. The van der Waals surface area contributed by atoms with Crippen LogP contribution in [0.15, 0.2) is 36.5 Å². The van der Waals surface area contributed by atoms with Crippen LogP contribution in [0, 0.1) is 47.3 Å². The Morgan fingerprint density at radius 2 is 1.09 bits per heavy atom. The molecule has 3 fully saturated rings. The molecule has 2 N–H and O–H groups in total. The average Bonchev–Trinajstić information content (AvgIpc) is 3.67. The van der Waals surface area contributed by atoms with Crippen molar-refractivity contribution in [2.75, 3.05) is 13.2 Å². The van der Waals surface area contributed by atoms with Gasteiger partial charge in [-0.05, 0) is 49.4 Å². The van der Waals surface area contributed by atoms with Gasteiger partial charge in [0.15, 0.2) is 0 Å². The minimum atomic E-state index is -1.11. The first-order valence-electron chi connectivity index (χ1n) is 12.3. The van der Waals surface area contributed by atoms with Gasteiger partial charge in [0, 0.05) is 0 Å². The summed E-state index contributed by atoms with van der Waals surface area (Å²) < 4.78 is 15.7. The summed E-state index contributed by atoms with van der Waals surface area (Å²) in [6.07, 6.45) is 14.8. The van der Waals surface area contributed by atoms with Gasteiger partial charge in [0.05, 0.1) is 24.0 Å². The number of esters is 2. The summed E-state index contributed by atoms with van der Waals surface area (Å²) >= 11 is 0. The molecule has 10 atom stereocenters.